The molecule has 0 radical (unpaired) electrons. The Hall–Kier alpha value is -2.63. The molecule has 0 aliphatic carbocycles. The second kappa shape index (κ2) is 9.04. The van der Waals surface area contributed by atoms with Gasteiger partial charge in [0.1, 0.15) is 0 Å². The van der Waals surface area contributed by atoms with Crippen molar-refractivity contribution < 1.29 is 9.53 Å². The zero-order chi connectivity index (χ0) is 20.1. The standard InChI is InChI=1S/C22H24ClN3O2/c1-15(2)21-20(13-25-26(21)19-9-5-8-18(23)11-19)22(27)24-12-16-6-4-7-17(10-16)14-28-3/h4-11,13,15H,12,14H2,1-3H3,(H,24,27). The van der Waals surface area contributed by atoms with Gasteiger partial charge in [0.15, 0.2) is 0 Å². The summed E-state index contributed by atoms with van der Waals surface area (Å²) in [5.41, 5.74) is 4.36. The normalized spacial score (nSPS) is 11.0. The molecule has 0 aliphatic heterocycles. The van der Waals surface area contributed by atoms with Crippen LogP contribution < -0.4 is 5.32 Å². The molecular formula is C22H24ClN3O2. The maximum atomic E-state index is 12.9. The Labute approximate surface area is 170 Å². The summed E-state index contributed by atoms with van der Waals surface area (Å²) in [4.78, 5) is 12.9. The number of ether oxygens (including phenoxy) is 1. The van der Waals surface area contributed by atoms with Crippen molar-refractivity contribution in [3.8, 4) is 5.69 Å². The van der Waals surface area contributed by atoms with E-state index in [9.17, 15) is 4.79 Å². The van der Waals surface area contributed by atoms with E-state index in [0.29, 0.717) is 23.7 Å². The summed E-state index contributed by atoms with van der Waals surface area (Å²) in [6.45, 7) is 5.08. The van der Waals surface area contributed by atoms with E-state index in [2.05, 4.69) is 10.4 Å². The predicted molar refractivity (Wildman–Crippen MR) is 111 cm³/mol. The molecule has 0 atom stereocenters. The molecule has 6 heteroatoms. The summed E-state index contributed by atoms with van der Waals surface area (Å²) in [7, 11) is 1.67. The lowest BCUT2D eigenvalue weighted by atomic mass is 10.0. The molecule has 0 saturated heterocycles. The molecule has 0 spiro atoms. The van der Waals surface area contributed by atoms with Gasteiger partial charge in [-0.15, -0.1) is 0 Å². The lowest BCUT2D eigenvalue weighted by molar-refractivity contribution is 0.0949. The van der Waals surface area contributed by atoms with Crippen LogP contribution in [-0.2, 0) is 17.9 Å². The first kappa shape index (κ1) is 20.1. The van der Waals surface area contributed by atoms with Gasteiger partial charge in [0.2, 0.25) is 0 Å². The number of halogens is 1. The number of benzene rings is 2. The summed E-state index contributed by atoms with van der Waals surface area (Å²) in [5, 5.41) is 8.07. The molecule has 0 bridgehead atoms. The average Bonchev–Trinajstić information content (AvgIpc) is 3.12. The van der Waals surface area contributed by atoms with Crippen molar-refractivity contribution in [3.63, 3.8) is 0 Å². The summed E-state index contributed by atoms with van der Waals surface area (Å²) < 4.78 is 6.95. The van der Waals surface area contributed by atoms with Crippen molar-refractivity contribution in [2.24, 2.45) is 0 Å². The number of aromatic nitrogens is 2. The summed E-state index contributed by atoms with van der Waals surface area (Å²) in [5.74, 6) is -0.0265. The first-order valence-electron chi connectivity index (χ1n) is 9.18. The van der Waals surface area contributed by atoms with Crippen LogP contribution in [0.25, 0.3) is 5.69 Å². The number of amides is 1. The molecule has 2 aromatic carbocycles. The molecule has 28 heavy (non-hydrogen) atoms. The van der Waals surface area contributed by atoms with Gasteiger partial charge < -0.3 is 10.1 Å². The van der Waals surface area contributed by atoms with E-state index in [0.717, 1.165) is 22.5 Å². The molecule has 1 N–H and O–H groups in total. The van der Waals surface area contributed by atoms with Crippen LogP contribution in [0.3, 0.4) is 0 Å². The van der Waals surface area contributed by atoms with Gasteiger partial charge in [0.05, 0.1) is 29.7 Å². The number of hydrogen-bond donors (Lipinski definition) is 1. The quantitative estimate of drug-likeness (QED) is 0.627. The molecule has 0 fully saturated rings. The topological polar surface area (TPSA) is 56.1 Å². The lowest BCUT2D eigenvalue weighted by Gasteiger charge is -2.13. The minimum atomic E-state index is -0.144. The average molecular weight is 398 g/mol. The number of nitrogens with one attached hydrogen (secondary N) is 1. The molecule has 0 aliphatic rings. The van der Waals surface area contributed by atoms with Crippen LogP contribution in [0.1, 0.15) is 46.9 Å². The Morgan fingerprint density at radius 2 is 1.93 bits per heavy atom. The van der Waals surface area contributed by atoms with Crippen LogP contribution in [0.5, 0.6) is 0 Å². The molecule has 146 valence electrons. The minimum Gasteiger partial charge on any atom is -0.380 e. The van der Waals surface area contributed by atoms with Gasteiger partial charge in [-0.1, -0.05) is 55.8 Å². The summed E-state index contributed by atoms with van der Waals surface area (Å²) in [6.07, 6.45) is 1.62. The van der Waals surface area contributed by atoms with Gasteiger partial charge in [-0.3, -0.25) is 4.79 Å². The number of nitrogens with zero attached hydrogens (tertiary/aromatic N) is 2. The largest absolute Gasteiger partial charge is 0.380 e. The van der Waals surface area contributed by atoms with E-state index in [4.69, 9.17) is 16.3 Å². The van der Waals surface area contributed by atoms with E-state index < -0.39 is 0 Å². The first-order valence-corrected chi connectivity index (χ1v) is 9.56. The highest BCUT2D eigenvalue weighted by atomic mass is 35.5. The third-order valence-corrected chi connectivity index (χ3v) is 4.64. The Morgan fingerprint density at radius 3 is 2.64 bits per heavy atom. The molecule has 0 saturated carbocycles. The van der Waals surface area contributed by atoms with Crippen LogP contribution in [-0.4, -0.2) is 22.8 Å². The smallest absolute Gasteiger partial charge is 0.255 e. The second-order valence-electron chi connectivity index (χ2n) is 6.93. The number of methoxy groups -OCH3 is 1. The molecule has 5 nitrogen and oxygen atoms in total. The molecule has 1 aromatic heterocycles. The highest BCUT2D eigenvalue weighted by Crippen LogP contribution is 2.24. The maximum Gasteiger partial charge on any atom is 0.255 e. The minimum absolute atomic E-state index is 0.118. The number of hydrogen-bond acceptors (Lipinski definition) is 3. The number of rotatable bonds is 7. The van der Waals surface area contributed by atoms with Gasteiger partial charge in [-0.05, 0) is 35.2 Å². The fourth-order valence-corrected chi connectivity index (χ4v) is 3.36. The highest BCUT2D eigenvalue weighted by molar-refractivity contribution is 6.30. The first-order chi connectivity index (χ1) is 13.5. The highest BCUT2D eigenvalue weighted by Gasteiger charge is 2.20. The van der Waals surface area contributed by atoms with Crippen LogP contribution >= 0.6 is 11.6 Å². The van der Waals surface area contributed by atoms with E-state index in [1.165, 1.54) is 0 Å². The fourth-order valence-electron chi connectivity index (χ4n) is 3.18. The van der Waals surface area contributed by atoms with Gasteiger partial charge >= 0.3 is 0 Å². The molecule has 0 unspecified atom stereocenters. The van der Waals surface area contributed by atoms with Crippen molar-refractivity contribution in [3.05, 3.63) is 82.1 Å². The number of carbonyl (C=O) groups excluding carboxylic acids is 1. The van der Waals surface area contributed by atoms with Crippen LogP contribution in [0.4, 0.5) is 0 Å². The molecule has 3 aromatic rings. The van der Waals surface area contributed by atoms with Gasteiger partial charge in [-0.2, -0.15) is 5.10 Å². The van der Waals surface area contributed by atoms with Gasteiger partial charge in [-0.25, -0.2) is 4.68 Å². The second-order valence-corrected chi connectivity index (χ2v) is 7.36. The Morgan fingerprint density at radius 1 is 1.18 bits per heavy atom. The Kier molecular flexibility index (Phi) is 6.49. The Bertz CT molecular complexity index is 966. The van der Waals surface area contributed by atoms with Crippen molar-refractivity contribution >= 4 is 17.5 Å². The van der Waals surface area contributed by atoms with Gasteiger partial charge in [0.25, 0.3) is 5.91 Å². The van der Waals surface area contributed by atoms with Crippen molar-refractivity contribution in [1.29, 1.82) is 0 Å². The van der Waals surface area contributed by atoms with Gasteiger partial charge in [0, 0.05) is 18.7 Å². The summed E-state index contributed by atoms with van der Waals surface area (Å²) in [6, 6.07) is 15.4. The fraction of sp³-hybridized carbons (Fsp3) is 0.273. The van der Waals surface area contributed by atoms with Crippen molar-refractivity contribution in [1.82, 2.24) is 15.1 Å². The van der Waals surface area contributed by atoms with E-state index in [-0.39, 0.29) is 11.8 Å². The van der Waals surface area contributed by atoms with E-state index >= 15 is 0 Å². The SMILES string of the molecule is COCc1cccc(CNC(=O)c2cnn(-c3cccc(Cl)c3)c2C(C)C)c1. The molecular weight excluding hydrogens is 374 g/mol. The monoisotopic (exact) mass is 397 g/mol. The maximum absolute atomic E-state index is 12.9. The predicted octanol–water partition coefficient (Wildman–Crippen LogP) is 4.73. The van der Waals surface area contributed by atoms with Crippen LogP contribution in [0.15, 0.2) is 54.7 Å². The van der Waals surface area contributed by atoms with Crippen molar-refractivity contribution in [2.75, 3.05) is 7.11 Å². The third kappa shape index (κ3) is 4.61. The summed E-state index contributed by atoms with van der Waals surface area (Å²) >= 11 is 6.12. The zero-order valence-electron chi connectivity index (χ0n) is 16.3. The molecule has 1 heterocycles. The third-order valence-electron chi connectivity index (χ3n) is 4.41. The van der Waals surface area contributed by atoms with Crippen molar-refractivity contribution in [2.45, 2.75) is 32.9 Å². The van der Waals surface area contributed by atoms with Crippen LogP contribution in [0.2, 0.25) is 5.02 Å². The molecule has 3 rings (SSSR count). The zero-order valence-corrected chi connectivity index (χ0v) is 17.0. The molecule has 1 amide bonds. The van der Waals surface area contributed by atoms with E-state index in [1.54, 1.807) is 18.0 Å². The Balaban J connectivity index is 1.81. The lowest BCUT2D eigenvalue weighted by Crippen LogP contribution is -2.24. The van der Waals surface area contributed by atoms with Crippen LogP contribution in [0, 0.1) is 0 Å². The number of carbonyl (C=O) groups is 1. The van der Waals surface area contributed by atoms with E-state index in [1.807, 2.05) is 62.4 Å².